The van der Waals surface area contributed by atoms with Crippen LogP contribution in [0.4, 0.5) is 0 Å². The summed E-state index contributed by atoms with van der Waals surface area (Å²) in [4.78, 5) is 45.6. The summed E-state index contributed by atoms with van der Waals surface area (Å²) in [7, 11) is 0. The van der Waals surface area contributed by atoms with Gasteiger partial charge in [0.15, 0.2) is 6.61 Å². The highest BCUT2D eigenvalue weighted by molar-refractivity contribution is 6.02. The number of amides is 1. The normalized spacial score (nSPS) is 13.8. The van der Waals surface area contributed by atoms with Crippen LogP contribution in [-0.2, 0) is 9.53 Å². The molecule has 1 aliphatic rings. The lowest BCUT2D eigenvalue weighted by Crippen LogP contribution is -2.27. The molecule has 1 amide bonds. The van der Waals surface area contributed by atoms with Gasteiger partial charge in [-0.25, -0.2) is 4.79 Å². The fourth-order valence-corrected chi connectivity index (χ4v) is 3.46. The number of hydrogen-bond acceptors (Lipinski definition) is 5. The minimum absolute atomic E-state index is 0.116. The fraction of sp³-hybridized carbons (Fsp3) is 0.217. The number of hydrogen-bond donors (Lipinski definition) is 1. The summed E-state index contributed by atoms with van der Waals surface area (Å²) in [5, 5.41) is 0.968. The van der Waals surface area contributed by atoms with E-state index in [1.54, 1.807) is 17.2 Å². The number of benzene rings is 1. The molecule has 0 radical (unpaired) electrons. The highest BCUT2D eigenvalue weighted by Gasteiger charge is 2.22. The van der Waals surface area contributed by atoms with Crippen LogP contribution in [-0.4, -0.2) is 52.2 Å². The van der Waals surface area contributed by atoms with Gasteiger partial charge in [0, 0.05) is 48.1 Å². The molecule has 1 N–H and O–H groups in total. The predicted octanol–water partition coefficient (Wildman–Crippen LogP) is 3.24. The number of rotatable bonds is 6. The first-order valence-electron chi connectivity index (χ1n) is 9.81. The summed E-state index contributed by atoms with van der Waals surface area (Å²) in [6.45, 7) is 1.07. The summed E-state index contributed by atoms with van der Waals surface area (Å²) in [5.41, 5.74) is 2.25. The number of ether oxygens (including phenoxy) is 1. The van der Waals surface area contributed by atoms with Crippen molar-refractivity contribution in [1.82, 2.24) is 14.9 Å². The van der Waals surface area contributed by atoms with Gasteiger partial charge in [-0.15, -0.1) is 0 Å². The Morgan fingerprint density at radius 3 is 2.77 bits per heavy atom. The van der Waals surface area contributed by atoms with Crippen molar-refractivity contribution in [2.45, 2.75) is 12.8 Å². The van der Waals surface area contributed by atoms with E-state index in [1.807, 2.05) is 30.3 Å². The minimum atomic E-state index is -0.625. The van der Waals surface area contributed by atoms with Gasteiger partial charge in [0.25, 0.3) is 5.91 Å². The standard InChI is InChI=1S/C23H21N3O4/c27-20(18-13-19(25-14-18)23(29)26-11-1-2-12-26)15-30-21(28)9-8-17-6-3-5-16-7-4-10-24-22(16)17/h3-10,13-14,25H,1-2,11-12,15H2/b9-8+. The maximum absolute atomic E-state index is 12.3. The number of aromatic amines is 1. The van der Waals surface area contributed by atoms with Crippen molar-refractivity contribution in [3.8, 4) is 0 Å². The number of pyridine rings is 1. The summed E-state index contributed by atoms with van der Waals surface area (Å²) < 4.78 is 5.06. The predicted molar refractivity (Wildman–Crippen MR) is 112 cm³/mol. The van der Waals surface area contributed by atoms with Gasteiger partial charge in [-0.3, -0.25) is 14.6 Å². The molecule has 0 atom stereocenters. The number of nitrogens with zero attached hydrogens (tertiary/aromatic N) is 2. The van der Waals surface area contributed by atoms with Crippen LogP contribution in [0.15, 0.2) is 54.9 Å². The Balaban J connectivity index is 1.34. The number of para-hydroxylation sites is 1. The van der Waals surface area contributed by atoms with Crippen molar-refractivity contribution in [1.29, 1.82) is 0 Å². The van der Waals surface area contributed by atoms with Crippen LogP contribution in [0, 0.1) is 0 Å². The zero-order valence-electron chi connectivity index (χ0n) is 16.3. The molecule has 30 heavy (non-hydrogen) atoms. The molecule has 1 saturated heterocycles. The van der Waals surface area contributed by atoms with E-state index in [9.17, 15) is 14.4 Å². The van der Waals surface area contributed by atoms with Crippen molar-refractivity contribution < 1.29 is 19.1 Å². The van der Waals surface area contributed by atoms with Crippen LogP contribution in [0.25, 0.3) is 17.0 Å². The van der Waals surface area contributed by atoms with Gasteiger partial charge in [-0.2, -0.15) is 0 Å². The average molecular weight is 403 g/mol. The second-order valence-corrected chi connectivity index (χ2v) is 7.09. The van der Waals surface area contributed by atoms with E-state index in [0.717, 1.165) is 42.4 Å². The molecule has 0 spiro atoms. The van der Waals surface area contributed by atoms with Gasteiger partial charge < -0.3 is 14.6 Å². The third-order valence-corrected chi connectivity index (χ3v) is 5.04. The van der Waals surface area contributed by atoms with Crippen LogP contribution >= 0.6 is 0 Å². The Labute approximate surface area is 173 Å². The van der Waals surface area contributed by atoms with E-state index in [-0.39, 0.29) is 11.7 Å². The second kappa shape index (κ2) is 8.73. The Morgan fingerprint density at radius 1 is 1.13 bits per heavy atom. The van der Waals surface area contributed by atoms with Crippen molar-refractivity contribution >= 4 is 34.6 Å². The Kier molecular flexibility index (Phi) is 5.70. The number of likely N-dealkylation sites (tertiary alicyclic amines) is 1. The topological polar surface area (TPSA) is 92.4 Å². The molecule has 0 aliphatic carbocycles. The third kappa shape index (κ3) is 4.30. The maximum atomic E-state index is 12.3. The highest BCUT2D eigenvalue weighted by Crippen LogP contribution is 2.17. The molecule has 4 rings (SSSR count). The van der Waals surface area contributed by atoms with E-state index >= 15 is 0 Å². The first-order chi connectivity index (χ1) is 14.6. The molecular formula is C23H21N3O4. The van der Waals surface area contributed by atoms with Crippen LogP contribution < -0.4 is 0 Å². The number of nitrogens with one attached hydrogen (secondary N) is 1. The van der Waals surface area contributed by atoms with Crippen molar-refractivity contribution in [2.75, 3.05) is 19.7 Å². The molecule has 7 heteroatoms. The van der Waals surface area contributed by atoms with E-state index in [0.29, 0.717) is 11.3 Å². The number of Topliss-reactive ketones (excluding diaryl/α,β-unsaturated/α-hetero) is 1. The largest absolute Gasteiger partial charge is 0.454 e. The van der Waals surface area contributed by atoms with Gasteiger partial charge in [0.05, 0.1) is 5.52 Å². The van der Waals surface area contributed by atoms with Gasteiger partial charge >= 0.3 is 5.97 Å². The SMILES string of the molecule is O=C(/C=C/c1cccc2cccnc12)OCC(=O)c1c[nH]c(C(=O)N2CCCC2)c1. The maximum Gasteiger partial charge on any atom is 0.331 e. The average Bonchev–Trinajstić information content (AvgIpc) is 3.48. The van der Waals surface area contributed by atoms with Crippen LogP contribution in [0.3, 0.4) is 0 Å². The molecule has 0 saturated carbocycles. The fourth-order valence-electron chi connectivity index (χ4n) is 3.46. The molecule has 3 heterocycles. The molecule has 1 fully saturated rings. The van der Waals surface area contributed by atoms with Crippen LogP contribution in [0.5, 0.6) is 0 Å². The number of esters is 1. The minimum Gasteiger partial charge on any atom is -0.454 e. The molecule has 0 bridgehead atoms. The highest BCUT2D eigenvalue weighted by atomic mass is 16.5. The van der Waals surface area contributed by atoms with Crippen molar-refractivity contribution in [3.63, 3.8) is 0 Å². The number of H-pyrrole nitrogens is 1. The molecule has 7 nitrogen and oxygen atoms in total. The summed E-state index contributed by atoms with van der Waals surface area (Å²) in [5.74, 6) is -1.12. The van der Waals surface area contributed by atoms with E-state index in [1.165, 1.54) is 18.3 Å². The van der Waals surface area contributed by atoms with Crippen LogP contribution in [0.1, 0.15) is 39.3 Å². The Morgan fingerprint density at radius 2 is 1.93 bits per heavy atom. The molecule has 1 aromatic carbocycles. The number of carbonyl (C=O) groups excluding carboxylic acids is 3. The number of carbonyl (C=O) groups is 3. The summed E-state index contributed by atoms with van der Waals surface area (Å²) in [6, 6.07) is 11.0. The number of ketones is 1. The van der Waals surface area contributed by atoms with Crippen molar-refractivity contribution in [3.05, 3.63) is 71.7 Å². The lowest BCUT2D eigenvalue weighted by atomic mass is 10.1. The van der Waals surface area contributed by atoms with E-state index in [2.05, 4.69) is 9.97 Å². The third-order valence-electron chi connectivity index (χ3n) is 5.04. The van der Waals surface area contributed by atoms with E-state index < -0.39 is 12.6 Å². The van der Waals surface area contributed by atoms with Crippen molar-refractivity contribution in [2.24, 2.45) is 0 Å². The molecular weight excluding hydrogens is 382 g/mol. The first-order valence-corrected chi connectivity index (χ1v) is 9.81. The first kappa shape index (κ1) is 19.6. The van der Waals surface area contributed by atoms with Gasteiger partial charge in [0.2, 0.25) is 5.78 Å². The molecule has 3 aromatic rings. The molecule has 152 valence electrons. The Bertz CT molecular complexity index is 1120. The van der Waals surface area contributed by atoms with Gasteiger partial charge in [-0.1, -0.05) is 24.3 Å². The monoisotopic (exact) mass is 403 g/mol. The summed E-state index contributed by atoms with van der Waals surface area (Å²) in [6.07, 6.45) is 8.04. The molecule has 0 unspecified atom stereocenters. The molecule has 2 aromatic heterocycles. The zero-order chi connectivity index (χ0) is 20.9. The zero-order valence-corrected chi connectivity index (χ0v) is 16.3. The summed E-state index contributed by atoms with van der Waals surface area (Å²) >= 11 is 0. The van der Waals surface area contributed by atoms with Gasteiger partial charge in [0.1, 0.15) is 5.69 Å². The van der Waals surface area contributed by atoms with Gasteiger partial charge in [-0.05, 0) is 31.1 Å². The second-order valence-electron chi connectivity index (χ2n) is 7.09. The van der Waals surface area contributed by atoms with Crippen LogP contribution in [0.2, 0.25) is 0 Å². The number of fused-ring (bicyclic) bond motifs is 1. The van der Waals surface area contributed by atoms with E-state index in [4.69, 9.17) is 4.74 Å². The lowest BCUT2D eigenvalue weighted by Gasteiger charge is -2.13. The quantitative estimate of drug-likeness (QED) is 0.388. The number of aromatic nitrogens is 2. The smallest absolute Gasteiger partial charge is 0.331 e. The Hall–Kier alpha value is -3.74. The molecule has 1 aliphatic heterocycles. The lowest BCUT2D eigenvalue weighted by molar-refractivity contribution is -0.136.